The lowest BCUT2D eigenvalue weighted by Gasteiger charge is -2.16. The molecule has 0 saturated carbocycles. The number of rotatable bonds is 7. The minimum absolute atomic E-state index is 0.638. The molecule has 1 heterocycles. The Hall–Kier alpha value is -1.59. The van der Waals surface area contributed by atoms with Gasteiger partial charge in [0.2, 0.25) is 0 Å². The summed E-state index contributed by atoms with van der Waals surface area (Å²) in [7, 11) is 2.16. The van der Waals surface area contributed by atoms with Gasteiger partial charge < -0.3 is 16.0 Å². The summed E-state index contributed by atoms with van der Waals surface area (Å²) >= 11 is 1.44. The van der Waals surface area contributed by atoms with E-state index >= 15 is 0 Å². The van der Waals surface area contributed by atoms with Crippen molar-refractivity contribution in [2.24, 2.45) is 0 Å². The molecule has 0 aliphatic carbocycles. The van der Waals surface area contributed by atoms with Gasteiger partial charge in [0.15, 0.2) is 0 Å². The summed E-state index contributed by atoms with van der Waals surface area (Å²) in [6.45, 7) is 5.01. The molecule has 1 aromatic heterocycles. The molecule has 3 N–H and O–H groups in total. The Labute approximate surface area is 124 Å². The smallest absolute Gasteiger partial charge is 0.142 e. The second kappa shape index (κ2) is 7.26. The van der Waals surface area contributed by atoms with E-state index in [1.807, 2.05) is 6.92 Å². The van der Waals surface area contributed by atoms with E-state index in [2.05, 4.69) is 52.0 Å². The molecule has 4 nitrogen and oxygen atoms in total. The average molecular weight is 290 g/mol. The van der Waals surface area contributed by atoms with E-state index in [0.717, 1.165) is 36.6 Å². The molecule has 0 bridgehead atoms. The van der Waals surface area contributed by atoms with Crippen LogP contribution >= 0.6 is 11.5 Å². The minimum Gasteiger partial charge on any atom is -0.383 e. The van der Waals surface area contributed by atoms with Gasteiger partial charge in [-0.2, -0.15) is 4.37 Å². The third-order valence-corrected chi connectivity index (χ3v) is 4.18. The Morgan fingerprint density at radius 3 is 2.70 bits per heavy atom. The molecule has 2 rings (SSSR count). The van der Waals surface area contributed by atoms with Crippen LogP contribution in [0.25, 0.3) is 0 Å². The highest BCUT2D eigenvalue weighted by Gasteiger charge is 2.05. The van der Waals surface area contributed by atoms with Gasteiger partial charge in [0.05, 0.1) is 0 Å². The minimum atomic E-state index is 0.638. The summed E-state index contributed by atoms with van der Waals surface area (Å²) in [6.07, 6.45) is 1.10. The highest BCUT2D eigenvalue weighted by Crippen LogP contribution is 2.24. The molecule has 0 fully saturated rings. The average Bonchev–Trinajstić information content (AvgIpc) is 2.76. The van der Waals surface area contributed by atoms with Crippen LogP contribution in [0.2, 0.25) is 0 Å². The summed E-state index contributed by atoms with van der Waals surface area (Å²) in [5.74, 6) is 0.638. The van der Waals surface area contributed by atoms with E-state index in [9.17, 15) is 0 Å². The van der Waals surface area contributed by atoms with E-state index in [0.29, 0.717) is 5.82 Å². The largest absolute Gasteiger partial charge is 0.383 e. The van der Waals surface area contributed by atoms with Crippen LogP contribution in [0.15, 0.2) is 30.3 Å². The second-order valence-corrected chi connectivity index (χ2v) is 5.80. The lowest BCUT2D eigenvalue weighted by Crippen LogP contribution is -2.21. The molecule has 0 aliphatic rings. The van der Waals surface area contributed by atoms with Crippen molar-refractivity contribution in [1.82, 2.24) is 9.27 Å². The summed E-state index contributed by atoms with van der Waals surface area (Å²) in [4.78, 5) is 2.34. The number of hydrogen-bond donors (Lipinski definition) is 2. The molecule has 20 heavy (non-hydrogen) atoms. The summed E-state index contributed by atoms with van der Waals surface area (Å²) < 4.78 is 4.13. The number of nitrogens with two attached hydrogens (primary N) is 1. The van der Waals surface area contributed by atoms with Crippen LogP contribution < -0.4 is 11.1 Å². The maximum atomic E-state index is 5.73. The van der Waals surface area contributed by atoms with Crippen LogP contribution in [0.5, 0.6) is 0 Å². The van der Waals surface area contributed by atoms with Gasteiger partial charge in [-0.1, -0.05) is 30.3 Å². The summed E-state index contributed by atoms with van der Waals surface area (Å²) in [6, 6.07) is 10.6. The predicted octanol–water partition coefficient (Wildman–Crippen LogP) is 2.97. The number of aromatic nitrogens is 1. The maximum Gasteiger partial charge on any atom is 0.142 e. The predicted molar refractivity (Wildman–Crippen MR) is 87.1 cm³/mol. The zero-order valence-corrected chi connectivity index (χ0v) is 12.9. The topological polar surface area (TPSA) is 54.2 Å². The van der Waals surface area contributed by atoms with Crippen LogP contribution in [0.3, 0.4) is 0 Å². The monoisotopic (exact) mass is 290 g/mol. The van der Waals surface area contributed by atoms with Gasteiger partial charge in [-0.25, -0.2) is 0 Å². The van der Waals surface area contributed by atoms with Crippen molar-refractivity contribution in [2.75, 3.05) is 31.2 Å². The molecular weight excluding hydrogens is 268 g/mol. The Morgan fingerprint density at radius 1 is 1.30 bits per heavy atom. The van der Waals surface area contributed by atoms with Crippen LogP contribution in [-0.4, -0.2) is 29.4 Å². The highest BCUT2D eigenvalue weighted by molar-refractivity contribution is 7.10. The molecule has 2 aromatic rings. The fourth-order valence-electron chi connectivity index (χ4n) is 2.04. The molecule has 0 saturated heterocycles. The molecule has 0 spiro atoms. The number of anilines is 2. The van der Waals surface area contributed by atoms with Crippen molar-refractivity contribution in [3.05, 3.63) is 41.5 Å². The van der Waals surface area contributed by atoms with Crippen molar-refractivity contribution >= 4 is 22.4 Å². The number of nitrogens with one attached hydrogen (secondary N) is 1. The molecule has 108 valence electrons. The van der Waals surface area contributed by atoms with Crippen LogP contribution in [-0.2, 0) is 6.54 Å². The number of nitrogen functional groups attached to an aromatic ring is 1. The highest BCUT2D eigenvalue weighted by atomic mass is 32.1. The van der Waals surface area contributed by atoms with E-state index in [1.54, 1.807) is 0 Å². The van der Waals surface area contributed by atoms with Gasteiger partial charge in [0.1, 0.15) is 10.8 Å². The Kier molecular flexibility index (Phi) is 5.38. The quantitative estimate of drug-likeness (QED) is 0.770. The van der Waals surface area contributed by atoms with Crippen molar-refractivity contribution in [3.63, 3.8) is 0 Å². The first-order valence-electron chi connectivity index (χ1n) is 6.85. The van der Waals surface area contributed by atoms with Gasteiger partial charge in [-0.15, -0.1) is 0 Å². The third kappa shape index (κ3) is 4.21. The van der Waals surface area contributed by atoms with Gasteiger partial charge in [-0.05, 0) is 44.0 Å². The van der Waals surface area contributed by atoms with Gasteiger partial charge in [0.25, 0.3) is 0 Å². The first-order chi connectivity index (χ1) is 9.66. The normalized spacial score (nSPS) is 10.9. The Balaban J connectivity index is 1.67. The summed E-state index contributed by atoms with van der Waals surface area (Å²) in [5, 5.41) is 4.49. The van der Waals surface area contributed by atoms with Crippen LogP contribution in [0.4, 0.5) is 10.8 Å². The molecule has 0 radical (unpaired) electrons. The van der Waals surface area contributed by atoms with Gasteiger partial charge >= 0.3 is 0 Å². The molecule has 0 amide bonds. The lowest BCUT2D eigenvalue weighted by atomic mass is 10.2. The fraction of sp³-hybridized carbons (Fsp3) is 0.400. The molecule has 0 aliphatic heterocycles. The van der Waals surface area contributed by atoms with Crippen LogP contribution in [0.1, 0.15) is 17.5 Å². The summed E-state index contributed by atoms with van der Waals surface area (Å²) in [5.41, 5.74) is 8.15. The lowest BCUT2D eigenvalue weighted by molar-refractivity contribution is 0.325. The molecule has 0 unspecified atom stereocenters. The maximum absolute atomic E-state index is 5.73. The van der Waals surface area contributed by atoms with E-state index in [-0.39, 0.29) is 0 Å². The van der Waals surface area contributed by atoms with Crippen molar-refractivity contribution in [3.8, 4) is 0 Å². The molecule has 1 aromatic carbocycles. The van der Waals surface area contributed by atoms with E-state index < -0.39 is 0 Å². The molecule has 0 atom stereocenters. The zero-order chi connectivity index (χ0) is 14.4. The van der Waals surface area contributed by atoms with Gasteiger partial charge in [0, 0.05) is 18.7 Å². The third-order valence-electron chi connectivity index (χ3n) is 3.26. The first-order valence-corrected chi connectivity index (χ1v) is 7.62. The Morgan fingerprint density at radius 2 is 2.05 bits per heavy atom. The van der Waals surface area contributed by atoms with E-state index in [4.69, 9.17) is 5.73 Å². The van der Waals surface area contributed by atoms with Crippen molar-refractivity contribution in [1.29, 1.82) is 0 Å². The molecule has 5 heteroatoms. The van der Waals surface area contributed by atoms with Gasteiger partial charge in [-0.3, -0.25) is 0 Å². The van der Waals surface area contributed by atoms with Crippen molar-refractivity contribution < 1.29 is 0 Å². The number of nitrogens with zero attached hydrogens (tertiary/aromatic N) is 2. The number of benzene rings is 1. The van der Waals surface area contributed by atoms with Crippen molar-refractivity contribution in [2.45, 2.75) is 19.9 Å². The number of hydrogen-bond acceptors (Lipinski definition) is 5. The standard InChI is InChI=1S/C15H22N4S/c1-12-14(16)18-20-15(12)17-9-6-10-19(2)11-13-7-4-3-5-8-13/h3-5,7-8,17H,6,9-11H2,1-2H3,(H2,16,18). The zero-order valence-electron chi connectivity index (χ0n) is 12.1. The Bertz CT molecular complexity index is 524. The fourth-order valence-corrected chi connectivity index (χ4v) is 2.77. The first kappa shape index (κ1) is 14.8. The SMILES string of the molecule is Cc1c(N)nsc1NCCCN(C)Cc1ccccc1. The molecular formula is C15H22N4S. The van der Waals surface area contributed by atoms with E-state index in [1.165, 1.54) is 17.1 Å². The second-order valence-electron chi connectivity index (χ2n) is 5.03. The van der Waals surface area contributed by atoms with Crippen LogP contribution in [0, 0.1) is 6.92 Å².